The van der Waals surface area contributed by atoms with Crippen molar-refractivity contribution in [2.45, 2.75) is 18.8 Å². The van der Waals surface area contributed by atoms with Gasteiger partial charge in [-0.15, -0.1) is 0 Å². The van der Waals surface area contributed by atoms with Crippen LogP contribution in [0.5, 0.6) is 0 Å². The van der Waals surface area contributed by atoms with Crippen LogP contribution in [0.15, 0.2) is 0 Å². The van der Waals surface area contributed by atoms with Crippen LogP contribution in [0, 0.1) is 0 Å². The molecule has 0 aliphatic heterocycles. The number of aliphatic hydroxyl groups excluding tert-OH is 1. The zero-order valence-corrected chi connectivity index (χ0v) is 6.11. The lowest BCUT2D eigenvalue weighted by atomic mass is 10.3. The second kappa shape index (κ2) is 5.34. The third-order valence-electron chi connectivity index (χ3n) is 1.12. The summed E-state index contributed by atoms with van der Waals surface area (Å²) < 4.78 is 9.37. The summed E-state index contributed by atoms with van der Waals surface area (Å²) in [6.45, 7) is 0. The van der Waals surface area contributed by atoms with Crippen LogP contribution in [-0.4, -0.2) is 38.0 Å². The molecule has 60 valence electrons. The molecule has 0 fully saturated rings. The quantitative estimate of drug-likeness (QED) is 0.424. The average Bonchev–Trinajstić information content (AvgIpc) is 1.91. The Hall–Kier alpha value is -0.450. The van der Waals surface area contributed by atoms with E-state index in [1.54, 1.807) is 0 Å². The summed E-state index contributed by atoms with van der Waals surface area (Å²) in [6.07, 6.45) is -0.917. The van der Waals surface area contributed by atoms with Crippen molar-refractivity contribution in [3.05, 3.63) is 0 Å². The van der Waals surface area contributed by atoms with Crippen LogP contribution in [0.4, 0.5) is 0 Å². The van der Waals surface area contributed by atoms with E-state index in [2.05, 4.69) is 9.47 Å². The molecule has 0 amide bonds. The summed E-state index contributed by atoms with van der Waals surface area (Å²) in [4.78, 5) is 9.88. The SMILES string of the molecule is COC(OC)C(O)CC=O. The molecule has 0 aliphatic rings. The number of rotatable bonds is 5. The van der Waals surface area contributed by atoms with Gasteiger partial charge in [-0.05, 0) is 0 Å². The molecule has 0 aromatic heterocycles. The molecule has 4 nitrogen and oxygen atoms in total. The molecule has 0 saturated carbocycles. The van der Waals surface area contributed by atoms with Crippen molar-refractivity contribution in [2.24, 2.45) is 0 Å². The van der Waals surface area contributed by atoms with Gasteiger partial charge < -0.3 is 19.4 Å². The molecule has 0 aromatic carbocycles. The van der Waals surface area contributed by atoms with Crippen molar-refractivity contribution in [1.82, 2.24) is 0 Å². The lowest BCUT2D eigenvalue weighted by Gasteiger charge is -2.17. The minimum Gasteiger partial charge on any atom is -0.387 e. The molecule has 0 aromatic rings. The zero-order chi connectivity index (χ0) is 7.98. The van der Waals surface area contributed by atoms with Crippen LogP contribution in [0.3, 0.4) is 0 Å². The van der Waals surface area contributed by atoms with E-state index in [9.17, 15) is 4.79 Å². The fourth-order valence-electron chi connectivity index (χ4n) is 0.620. The first-order valence-corrected chi connectivity index (χ1v) is 2.93. The monoisotopic (exact) mass is 148 g/mol. The van der Waals surface area contributed by atoms with Gasteiger partial charge in [-0.2, -0.15) is 0 Å². The third-order valence-corrected chi connectivity index (χ3v) is 1.12. The first kappa shape index (κ1) is 9.55. The maximum absolute atomic E-state index is 9.88. The second-order valence-corrected chi connectivity index (χ2v) is 1.81. The number of carbonyl (C=O) groups excluding carboxylic acids is 1. The Morgan fingerprint density at radius 2 is 2.00 bits per heavy atom. The average molecular weight is 148 g/mol. The summed E-state index contributed by atoms with van der Waals surface area (Å²) in [7, 11) is 2.81. The van der Waals surface area contributed by atoms with Crippen molar-refractivity contribution >= 4 is 6.29 Å². The van der Waals surface area contributed by atoms with Crippen molar-refractivity contribution in [3.8, 4) is 0 Å². The molecule has 1 N–H and O–H groups in total. The maximum Gasteiger partial charge on any atom is 0.183 e. The van der Waals surface area contributed by atoms with Gasteiger partial charge in [-0.25, -0.2) is 0 Å². The zero-order valence-electron chi connectivity index (χ0n) is 6.11. The predicted octanol–water partition coefficient (Wildman–Crippen LogP) is -0.445. The molecule has 0 radical (unpaired) electrons. The lowest BCUT2D eigenvalue weighted by Crippen LogP contribution is -2.29. The van der Waals surface area contributed by atoms with E-state index in [-0.39, 0.29) is 6.42 Å². The van der Waals surface area contributed by atoms with Crippen molar-refractivity contribution in [1.29, 1.82) is 0 Å². The topological polar surface area (TPSA) is 55.8 Å². The predicted molar refractivity (Wildman–Crippen MR) is 34.5 cm³/mol. The van der Waals surface area contributed by atoms with Crippen LogP contribution >= 0.6 is 0 Å². The van der Waals surface area contributed by atoms with Crippen LogP contribution < -0.4 is 0 Å². The van der Waals surface area contributed by atoms with Crippen molar-refractivity contribution in [2.75, 3.05) is 14.2 Å². The molecule has 0 heterocycles. The fourth-order valence-corrected chi connectivity index (χ4v) is 0.620. The molecule has 0 saturated heterocycles. The first-order chi connectivity index (χ1) is 4.76. The highest BCUT2D eigenvalue weighted by molar-refractivity contribution is 5.50. The summed E-state index contributed by atoms with van der Waals surface area (Å²) in [6, 6.07) is 0. The standard InChI is InChI=1S/C6H12O4/c1-9-6(10-2)5(8)3-4-7/h4-6,8H,3H2,1-2H3. The third kappa shape index (κ3) is 2.91. The lowest BCUT2D eigenvalue weighted by molar-refractivity contribution is -0.166. The molecule has 0 bridgehead atoms. The fraction of sp³-hybridized carbons (Fsp3) is 0.833. The Kier molecular flexibility index (Phi) is 5.10. The number of hydrogen-bond acceptors (Lipinski definition) is 4. The van der Waals surface area contributed by atoms with Gasteiger partial charge in [0.25, 0.3) is 0 Å². The molecule has 0 spiro atoms. The van der Waals surface area contributed by atoms with E-state index in [1.165, 1.54) is 14.2 Å². The van der Waals surface area contributed by atoms with Crippen LogP contribution in [-0.2, 0) is 14.3 Å². The molecule has 4 heteroatoms. The summed E-state index contributed by atoms with van der Waals surface area (Å²) in [5.74, 6) is 0. The Labute approximate surface area is 59.7 Å². The van der Waals surface area contributed by atoms with Gasteiger partial charge in [0, 0.05) is 20.6 Å². The number of methoxy groups -OCH3 is 2. The highest BCUT2D eigenvalue weighted by Gasteiger charge is 2.16. The van der Waals surface area contributed by atoms with E-state index in [0.717, 1.165) is 0 Å². The molecular formula is C6H12O4. The Bertz CT molecular complexity index is 89.7. The van der Waals surface area contributed by atoms with E-state index in [0.29, 0.717) is 6.29 Å². The Morgan fingerprint density at radius 1 is 1.50 bits per heavy atom. The molecule has 0 aliphatic carbocycles. The number of aldehydes is 1. The van der Waals surface area contributed by atoms with Gasteiger partial charge in [0.05, 0.1) is 0 Å². The second-order valence-electron chi connectivity index (χ2n) is 1.81. The van der Waals surface area contributed by atoms with Gasteiger partial charge in [0.15, 0.2) is 6.29 Å². The van der Waals surface area contributed by atoms with Crippen molar-refractivity contribution in [3.63, 3.8) is 0 Å². The smallest absolute Gasteiger partial charge is 0.183 e. The number of aliphatic hydroxyl groups is 1. The van der Waals surface area contributed by atoms with Gasteiger partial charge in [-0.1, -0.05) is 0 Å². The number of ether oxygens (including phenoxy) is 2. The van der Waals surface area contributed by atoms with E-state index in [1.807, 2.05) is 0 Å². The van der Waals surface area contributed by atoms with Gasteiger partial charge >= 0.3 is 0 Å². The first-order valence-electron chi connectivity index (χ1n) is 2.93. The summed E-state index contributed by atoms with van der Waals surface area (Å²) >= 11 is 0. The number of carbonyl (C=O) groups is 1. The van der Waals surface area contributed by atoms with Crippen LogP contribution in [0.1, 0.15) is 6.42 Å². The normalized spacial score (nSPS) is 13.6. The minimum atomic E-state index is -0.868. The largest absolute Gasteiger partial charge is 0.387 e. The number of hydrogen-bond donors (Lipinski definition) is 1. The highest BCUT2D eigenvalue weighted by Crippen LogP contribution is 2.00. The van der Waals surface area contributed by atoms with E-state index in [4.69, 9.17) is 5.11 Å². The molecule has 10 heavy (non-hydrogen) atoms. The Balaban J connectivity index is 3.63. The Morgan fingerprint density at radius 3 is 2.30 bits per heavy atom. The minimum absolute atomic E-state index is 0.0341. The van der Waals surface area contributed by atoms with Gasteiger partial charge in [0.2, 0.25) is 0 Å². The van der Waals surface area contributed by atoms with Crippen molar-refractivity contribution < 1.29 is 19.4 Å². The molecule has 0 rings (SSSR count). The van der Waals surface area contributed by atoms with E-state index >= 15 is 0 Å². The van der Waals surface area contributed by atoms with Gasteiger partial charge in [0.1, 0.15) is 12.4 Å². The van der Waals surface area contributed by atoms with Crippen LogP contribution in [0.2, 0.25) is 0 Å². The molecule has 1 atom stereocenters. The summed E-state index contributed by atoms with van der Waals surface area (Å²) in [5, 5.41) is 9.03. The van der Waals surface area contributed by atoms with Crippen LogP contribution in [0.25, 0.3) is 0 Å². The van der Waals surface area contributed by atoms with E-state index < -0.39 is 12.4 Å². The molecular weight excluding hydrogens is 136 g/mol. The van der Waals surface area contributed by atoms with Gasteiger partial charge in [-0.3, -0.25) is 0 Å². The molecule has 1 unspecified atom stereocenters. The summed E-state index contributed by atoms with van der Waals surface area (Å²) in [5.41, 5.74) is 0. The maximum atomic E-state index is 9.88. The highest BCUT2D eigenvalue weighted by atomic mass is 16.7.